The van der Waals surface area contributed by atoms with Crippen LogP contribution >= 0.6 is 11.3 Å². The number of aromatic nitrogens is 3. The number of thiazole rings is 1. The molecule has 2 aromatic rings. The molecule has 1 N–H and O–H groups in total. The second-order valence-corrected chi connectivity index (χ2v) is 7.61. The van der Waals surface area contributed by atoms with Crippen molar-refractivity contribution in [1.29, 1.82) is 0 Å². The van der Waals surface area contributed by atoms with Gasteiger partial charge in [-0.05, 0) is 31.7 Å². The summed E-state index contributed by atoms with van der Waals surface area (Å²) in [6.07, 6.45) is 8.66. The number of ether oxygens (including phenoxy) is 2. The van der Waals surface area contributed by atoms with Crippen molar-refractivity contribution in [2.75, 3.05) is 26.4 Å². The van der Waals surface area contributed by atoms with Gasteiger partial charge in [0.2, 0.25) is 0 Å². The lowest BCUT2D eigenvalue weighted by Crippen LogP contribution is -2.50. The molecule has 134 valence electrons. The van der Waals surface area contributed by atoms with Crippen LogP contribution in [0.4, 0.5) is 0 Å². The molecule has 25 heavy (non-hydrogen) atoms. The Morgan fingerprint density at radius 2 is 2.04 bits per heavy atom. The Kier molecular flexibility index (Phi) is 5.36. The summed E-state index contributed by atoms with van der Waals surface area (Å²) < 4.78 is 11.6. The van der Waals surface area contributed by atoms with Crippen molar-refractivity contribution in [3.8, 4) is 10.8 Å². The lowest BCUT2D eigenvalue weighted by atomic mass is 9.84. The molecule has 0 saturated carbocycles. The molecule has 0 radical (unpaired) electrons. The molecule has 1 spiro atoms. The number of hydrogen-bond acceptors (Lipinski definition) is 7. The molecule has 2 aliphatic rings. The first kappa shape index (κ1) is 17.0. The van der Waals surface area contributed by atoms with Crippen LogP contribution in [0.15, 0.2) is 23.8 Å². The van der Waals surface area contributed by atoms with Gasteiger partial charge in [-0.2, -0.15) is 0 Å². The Hall–Kier alpha value is -1.41. The maximum Gasteiger partial charge on any atom is 0.188 e. The highest BCUT2D eigenvalue weighted by atomic mass is 32.1. The lowest BCUT2D eigenvalue weighted by molar-refractivity contribution is -0.140. The van der Waals surface area contributed by atoms with Crippen LogP contribution in [0.2, 0.25) is 0 Å². The van der Waals surface area contributed by atoms with Crippen LogP contribution in [0, 0.1) is 0 Å². The highest BCUT2D eigenvalue weighted by Gasteiger charge is 2.38. The molecule has 7 heteroatoms. The minimum atomic E-state index is 0.0482. The van der Waals surface area contributed by atoms with E-state index in [0.29, 0.717) is 11.9 Å². The van der Waals surface area contributed by atoms with Crippen LogP contribution in [0.3, 0.4) is 0 Å². The van der Waals surface area contributed by atoms with Crippen molar-refractivity contribution >= 4 is 11.3 Å². The third-order valence-electron chi connectivity index (χ3n) is 5.02. The summed E-state index contributed by atoms with van der Waals surface area (Å²) in [5.41, 5.74) is 1.15. The van der Waals surface area contributed by atoms with Crippen molar-refractivity contribution in [1.82, 2.24) is 20.3 Å². The SMILES string of the molecule is c1cnc(-c2nc(CCN[C@@H]3CCOC4(CCOCC4)C3)cs2)nc1. The van der Waals surface area contributed by atoms with Crippen LogP contribution in [0.25, 0.3) is 10.8 Å². The molecule has 0 unspecified atom stereocenters. The van der Waals surface area contributed by atoms with E-state index < -0.39 is 0 Å². The summed E-state index contributed by atoms with van der Waals surface area (Å²) in [7, 11) is 0. The molecular weight excluding hydrogens is 336 g/mol. The van der Waals surface area contributed by atoms with Crippen LogP contribution in [0.5, 0.6) is 0 Å². The standard InChI is InChI=1S/C18H24N4O2S/c1-6-20-16(21-7-1)17-22-15(13-25-17)2-8-19-14-3-9-24-18(12-14)4-10-23-11-5-18/h1,6-7,13-14,19H,2-5,8-12H2/t14-/m1/s1. The highest BCUT2D eigenvalue weighted by molar-refractivity contribution is 7.13. The Bertz CT molecular complexity index is 667. The second kappa shape index (κ2) is 7.86. The van der Waals surface area contributed by atoms with Gasteiger partial charge in [-0.15, -0.1) is 11.3 Å². The van der Waals surface area contributed by atoms with Crippen molar-refractivity contribution in [2.24, 2.45) is 0 Å². The predicted molar refractivity (Wildman–Crippen MR) is 96.6 cm³/mol. The van der Waals surface area contributed by atoms with Crippen LogP contribution in [-0.2, 0) is 15.9 Å². The van der Waals surface area contributed by atoms with E-state index in [1.54, 1.807) is 23.7 Å². The van der Waals surface area contributed by atoms with Gasteiger partial charge in [-0.1, -0.05) is 0 Å². The molecule has 0 aromatic carbocycles. The highest BCUT2D eigenvalue weighted by Crippen LogP contribution is 2.34. The van der Waals surface area contributed by atoms with E-state index in [0.717, 1.165) is 69.2 Å². The smallest absolute Gasteiger partial charge is 0.188 e. The maximum atomic E-state index is 6.11. The quantitative estimate of drug-likeness (QED) is 0.883. The topological polar surface area (TPSA) is 69.2 Å². The molecule has 2 fully saturated rings. The van der Waals surface area contributed by atoms with Gasteiger partial charge in [-0.25, -0.2) is 15.0 Å². The molecule has 4 rings (SSSR count). The Morgan fingerprint density at radius 1 is 1.20 bits per heavy atom. The monoisotopic (exact) mass is 360 g/mol. The van der Waals surface area contributed by atoms with E-state index in [4.69, 9.17) is 9.47 Å². The molecular formula is C18H24N4O2S. The summed E-state index contributed by atoms with van der Waals surface area (Å²) >= 11 is 1.61. The molecule has 0 aliphatic carbocycles. The van der Waals surface area contributed by atoms with Crippen molar-refractivity contribution in [2.45, 2.75) is 43.7 Å². The van der Waals surface area contributed by atoms with Gasteiger partial charge in [0.05, 0.1) is 11.3 Å². The number of nitrogens with one attached hydrogen (secondary N) is 1. The number of nitrogens with zero attached hydrogens (tertiary/aromatic N) is 3. The van der Waals surface area contributed by atoms with Gasteiger partial charge in [0.15, 0.2) is 10.8 Å². The Labute approximate surface area is 152 Å². The summed E-state index contributed by atoms with van der Waals surface area (Å²) in [5.74, 6) is 0.706. The molecule has 6 nitrogen and oxygen atoms in total. The molecule has 2 saturated heterocycles. The normalized spacial score (nSPS) is 23.0. The first-order chi connectivity index (χ1) is 12.3. The zero-order valence-electron chi connectivity index (χ0n) is 14.3. The van der Waals surface area contributed by atoms with E-state index in [-0.39, 0.29) is 5.60 Å². The molecule has 0 amide bonds. The number of rotatable bonds is 5. The first-order valence-electron chi connectivity index (χ1n) is 9.00. The number of hydrogen-bond donors (Lipinski definition) is 1. The zero-order chi connectivity index (χ0) is 17.0. The summed E-state index contributed by atoms with van der Waals surface area (Å²) in [4.78, 5) is 13.2. The van der Waals surface area contributed by atoms with Gasteiger partial charge in [0.1, 0.15) is 0 Å². The Balaban J connectivity index is 1.27. The van der Waals surface area contributed by atoms with E-state index in [1.807, 2.05) is 6.07 Å². The van der Waals surface area contributed by atoms with Crippen molar-refractivity contribution in [3.05, 3.63) is 29.5 Å². The third kappa shape index (κ3) is 4.23. The molecule has 1 atom stereocenters. The van der Waals surface area contributed by atoms with Gasteiger partial charge < -0.3 is 14.8 Å². The first-order valence-corrected chi connectivity index (χ1v) is 9.88. The van der Waals surface area contributed by atoms with Crippen molar-refractivity contribution < 1.29 is 9.47 Å². The lowest BCUT2D eigenvalue weighted by Gasteiger charge is -2.43. The van der Waals surface area contributed by atoms with E-state index in [1.165, 1.54) is 0 Å². The van der Waals surface area contributed by atoms with Crippen LogP contribution in [-0.4, -0.2) is 53.0 Å². The van der Waals surface area contributed by atoms with E-state index in [2.05, 4.69) is 25.6 Å². The average molecular weight is 360 g/mol. The van der Waals surface area contributed by atoms with E-state index in [9.17, 15) is 0 Å². The summed E-state index contributed by atoms with van der Waals surface area (Å²) in [5, 5.41) is 6.70. The minimum absolute atomic E-state index is 0.0482. The van der Waals surface area contributed by atoms with Crippen molar-refractivity contribution in [3.63, 3.8) is 0 Å². The predicted octanol–water partition coefficient (Wildman–Crippen LogP) is 2.46. The third-order valence-corrected chi connectivity index (χ3v) is 5.91. The fourth-order valence-electron chi connectivity index (χ4n) is 3.63. The van der Waals surface area contributed by atoms with Crippen LogP contribution < -0.4 is 5.32 Å². The molecule has 4 heterocycles. The minimum Gasteiger partial charge on any atom is -0.381 e. The molecule has 0 bridgehead atoms. The second-order valence-electron chi connectivity index (χ2n) is 6.75. The van der Waals surface area contributed by atoms with Gasteiger partial charge in [0, 0.05) is 56.6 Å². The fourth-order valence-corrected chi connectivity index (χ4v) is 4.43. The largest absolute Gasteiger partial charge is 0.381 e. The molecule has 2 aliphatic heterocycles. The fraction of sp³-hybridized carbons (Fsp3) is 0.611. The van der Waals surface area contributed by atoms with Gasteiger partial charge >= 0.3 is 0 Å². The average Bonchev–Trinajstić information content (AvgIpc) is 3.12. The van der Waals surface area contributed by atoms with Gasteiger partial charge in [0.25, 0.3) is 0 Å². The maximum absolute atomic E-state index is 6.11. The summed E-state index contributed by atoms with van der Waals surface area (Å²) in [6.45, 7) is 3.45. The van der Waals surface area contributed by atoms with E-state index >= 15 is 0 Å². The summed E-state index contributed by atoms with van der Waals surface area (Å²) in [6, 6.07) is 2.35. The van der Waals surface area contributed by atoms with Gasteiger partial charge in [-0.3, -0.25) is 0 Å². The Morgan fingerprint density at radius 3 is 2.88 bits per heavy atom. The molecule has 2 aromatic heterocycles. The van der Waals surface area contributed by atoms with Crippen LogP contribution in [0.1, 0.15) is 31.4 Å². The zero-order valence-corrected chi connectivity index (χ0v) is 15.1.